The van der Waals surface area contributed by atoms with Crippen LogP contribution in [0.1, 0.15) is 44.1 Å². The molecule has 1 aromatic rings. The standard InChI is InChI=1S/C22H29N2O2/c1-24-12-5-8-20-9-10-22(16(14-20)18(25)26-2)21(11-13-24,19(20)24)15-6-3-4-7-17(15)23-22/h3-4,6-7,16,19,23H,5,8-14H2,1-2H3/q+1/t16-,19+,20-,21+,22-,24?/m0/s1. The van der Waals surface area contributed by atoms with Crippen molar-refractivity contribution in [1.29, 1.82) is 0 Å². The number of quaternary nitrogens is 1. The molecule has 4 nitrogen and oxygen atoms in total. The van der Waals surface area contributed by atoms with Crippen LogP contribution in [0.3, 0.4) is 0 Å². The summed E-state index contributed by atoms with van der Waals surface area (Å²) in [6.07, 6.45) is 7.19. The van der Waals surface area contributed by atoms with Crippen molar-refractivity contribution in [2.75, 3.05) is 32.6 Å². The highest BCUT2D eigenvalue weighted by atomic mass is 16.5. The Bertz CT molecular complexity index is 824. The number of benzene rings is 1. The Balaban J connectivity index is 1.67. The molecular formula is C22H29N2O2+. The Morgan fingerprint density at radius 1 is 1.19 bits per heavy atom. The van der Waals surface area contributed by atoms with E-state index in [4.69, 9.17) is 4.74 Å². The zero-order chi connectivity index (χ0) is 17.8. The monoisotopic (exact) mass is 353 g/mol. The van der Waals surface area contributed by atoms with Gasteiger partial charge in [-0.1, -0.05) is 18.2 Å². The van der Waals surface area contributed by atoms with E-state index in [2.05, 4.69) is 36.6 Å². The minimum atomic E-state index is -0.149. The molecule has 7 rings (SSSR count). The molecule has 4 heteroatoms. The molecule has 1 aromatic carbocycles. The van der Waals surface area contributed by atoms with Gasteiger partial charge in [0.25, 0.3) is 0 Å². The molecule has 26 heavy (non-hydrogen) atoms. The number of nitrogens with one attached hydrogen (secondary N) is 1. The molecule has 3 aliphatic heterocycles. The molecule has 6 atom stereocenters. The molecule has 138 valence electrons. The number of methoxy groups -OCH3 is 1. The van der Waals surface area contributed by atoms with Gasteiger partial charge in [-0.15, -0.1) is 0 Å². The Labute approximate surface area is 155 Å². The van der Waals surface area contributed by atoms with Crippen LogP contribution in [0.5, 0.6) is 0 Å². The third-order valence-corrected chi connectivity index (χ3v) is 9.30. The molecule has 3 saturated carbocycles. The van der Waals surface area contributed by atoms with Gasteiger partial charge in [-0.3, -0.25) is 4.79 Å². The summed E-state index contributed by atoms with van der Waals surface area (Å²) in [4.78, 5) is 13.0. The van der Waals surface area contributed by atoms with E-state index in [1.54, 1.807) is 7.11 Å². The van der Waals surface area contributed by atoms with Crippen LogP contribution in [-0.4, -0.2) is 49.3 Å². The second kappa shape index (κ2) is 4.46. The molecular weight excluding hydrogens is 324 g/mol. The third-order valence-electron chi connectivity index (χ3n) is 9.30. The fraction of sp³-hybridized carbons (Fsp3) is 0.682. The summed E-state index contributed by atoms with van der Waals surface area (Å²) in [5, 5.41) is 3.96. The summed E-state index contributed by atoms with van der Waals surface area (Å²) in [5.74, 6) is -0.0107. The molecule has 0 aromatic heterocycles. The van der Waals surface area contributed by atoms with Crippen molar-refractivity contribution in [2.45, 2.75) is 55.5 Å². The van der Waals surface area contributed by atoms with E-state index in [9.17, 15) is 4.79 Å². The first-order valence-corrected chi connectivity index (χ1v) is 10.3. The lowest BCUT2D eigenvalue weighted by atomic mass is 9.38. The van der Waals surface area contributed by atoms with Crippen LogP contribution in [0.15, 0.2) is 24.3 Å². The maximum absolute atomic E-state index is 13.0. The minimum absolute atomic E-state index is 0.00822. The van der Waals surface area contributed by atoms with Crippen molar-refractivity contribution >= 4 is 11.7 Å². The van der Waals surface area contributed by atoms with Crippen LogP contribution < -0.4 is 5.32 Å². The number of hydrogen-bond acceptors (Lipinski definition) is 3. The van der Waals surface area contributed by atoms with Gasteiger partial charge in [0.1, 0.15) is 6.04 Å². The van der Waals surface area contributed by atoms with E-state index >= 15 is 0 Å². The van der Waals surface area contributed by atoms with E-state index in [-0.39, 0.29) is 22.8 Å². The first-order chi connectivity index (χ1) is 12.5. The van der Waals surface area contributed by atoms with Crippen molar-refractivity contribution in [3.05, 3.63) is 29.8 Å². The molecule has 1 unspecified atom stereocenters. The van der Waals surface area contributed by atoms with Gasteiger partial charge < -0.3 is 14.5 Å². The predicted molar refractivity (Wildman–Crippen MR) is 99.8 cm³/mol. The number of para-hydroxylation sites is 1. The summed E-state index contributed by atoms with van der Waals surface area (Å²) < 4.78 is 6.58. The van der Waals surface area contributed by atoms with Crippen molar-refractivity contribution in [3.63, 3.8) is 0 Å². The lowest BCUT2D eigenvalue weighted by molar-refractivity contribution is -0.939. The first kappa shape index (κ1) is 15.5. The molecule has 0 amide bonds. The van der Waals surface area contributed by atoms with Gasteiger partial charge in [0.2, 0.25) is 0 Å². The fourth-order valence-corrected chi connectivity index (χ4v) is 8.79. The molecule has 2 bridgehead atoms. The third kappa shape index (κ3) is 1.38. The quantitative estimate of drug-likeness (QED) is 0.623. The number of carbonyl (C=O) groups excluding carboxylic acids is 1. The second-order valence-corrected chi connectivity index (χ2v) is 9.94. The fourth-order valence-electron chi connectivity index (χ4n) is 8.79. The first-order valence-electron chi connectivity index (χ1n) is 10.3. The minimum Gasteiger partial charge on any atom is -0.469 e. The molecule has 0 radical (unpaired) electrons. The highest BCUT2D eigenvalue weighted by Crippen LogP contribution is 2.75. The number of piperidine rings is 1. The van der Waals surface area contributed by atoms with Gasteiger partial charge in [-0.05, 0) is 43.7 Å². The van der Waals surface area contributed by atoms with E-state index in [0.29, 0.717) is 11.5 Å². The highest BCUT2D eigenvalue weighted by Gasteiger charge is 2.83. The number of ether oxygens (including phenoxy) is 1. The number of anilines is 1. The van der Waals surface area contributed by atoms with E-state index in [1.807, 2.05) is 0 Å². The maximum atomic E-state index is 13.0. The number of nitrogens with zero attached hydrogens (tertiary/aromatic N) is 1. The Kier molecular flexibility index (Phi) is 2.66. The summed E-state index contributed by atoms with van der Waals surface area (Å²) in [6.45, 7) is 2.55. The average Bonchev–Trinajstić information content (AvgIpc) is 3.15. The van der Waals surface area contributed by atoms with E-state index in [1.165, 1.54) is 54.5 Å². The van der Waals surface area contributed by atoms with Crippen LogP contribution >= 0.6 is 0 Å². The van der Waals surface area contributed by atoms with Gasteiger partial charge in [0, 0.05) is 17.5 Å². The molecule has 3 heterocycles. The smallest absolute Gasteiger partial charge is 0.311 e. The average molecular weight is 353 g/mol. The predicted octanol–water partition coefficient (Wildman–Crippen LogP) is 3.07. The summed E-state index contributed by atoms with van der Waals surface area (Å²) in [7, 11) is 4.07. The molecule has 6 aliphatic rings. The van der Waals surface area contributed by atoms with Gasteiger partial charge in [0.05, 0.1) is 44.1 Å². The van der Waals surface area contributed by atoms with Gasteiger partial charge in [0.15, 0.2) is 0 Å². The lowest BCUT2D eigenvalue weighted by Crippen LogP contribution is -2.79. The van der Waals surface area contributed by atoms with Gasteiger partial charge in [-0.2, -0.15) is 0 Å². The molecule has 3 aliphatic carbocycles. The summed E-state index contributed by atoms with van der Waals surface area (Å²) in [6, 6.07) is 9.56. The number of hydrogen-bond donors (Lipinski definition) is 1. The SMILES string of the molecule is COC(=O)[C@@H]1C[C@]23CCC[N+]4(C)CC[C@@]5(c6ccccc6N[C@@]15CC2)[C@@H]34. The summed E-state index contributed by atoms with van der Waals surface area (Å²) >= 11 is 0. The zero-order valence-electron chi connectivity index (χ0n) is 15.9. The van der Waals surface area contributed by atoms with Crippen LogP contribution in [0, 0.1) is 11.3 Å². The Hall–Kier alpha value is -1.55. The number of rotatable bonds is 1. The molecule has 2 saturated heterocycles. The van der Waals surface area contributed by atoms with E-state index in [0.717, 1.165) is 12.8 Å². The number of esters is 1. The highest BCUT2D eigenvalue weighted by molar-refractivity contribution is 5.80. The van der Waals surface area contributed by atoms with Gasteiger partial charge in [-0.25, -0.2) is 0 Å². The topological polar surface area (TPSA) is 38.3 Å². The largest absolute Gasteiger partial charge is 0.469 e. The lowest BCUT2D eigenvalue weighted by Gasteiger charge is -2.68. The number of carbonyl (C=O) groups is 1. The molecule has 1 N–H and O–H groups in total. The molecule has 3 spiro atoms. The van der Waals surface area contributed by atoms with Gasteiger partial charge >= 0.3 is 5.97 Å². The Morgan fingerprint density at radius 2 is 2.04 bits per heavy atom. The summed E-state index contributed by atoms with van der Waals surface area (Å²) in [5.41, 5.74) is 3.02. The normalized spacial score (nSPS) is 49.8. The van der Waals surface area contributed by atoms with Crippen LogP contribution in [0.2, 0.25) is 0 Å². The van der Waals surface area contributed by atoms with Crippen LogP contribution in [-0.2, 0) is 14.9 Å². The van der Waals surface area contributed by atoms with Crippen molar-refractivity contribution < 1.29 is 14.0 Å². The van der Waals surface area contributed by atoms with Crippen LogP contribution in [0.4, 0.5) is 5.69 Å². The second-order valence-electron chi connectivity index (χ2n) is 9.94. The molecule has 5 fully saturated rings. The van der Waals surface area contributed by atoms with Crippen molar-refractivity contribution in [2.24, 2.45) is 11.3 Å². The number of fused-ring (bicyclic) bond motifs is 3. The zero-order valence-corrected chi connectivity index (χ0v) is 15.9. The van der Waals surface area contributed by atoms with Crippen molar-refractivity contribution in [1.82, 2.24) is 0 Å². The van der Waals surface area contributed by atoms with Crippen molar-refractivity contribution in [3.8, 4) is 0 Å². The van der Waals surface area contributed by atoms with E-state index < -0.39 is 0 Å². The Morgan fingerprint density at radius 3 is 2.88 bits per heavy atom. The maximum Gasteiger partial charge on any atom is 0.311 e. The number of likely N-dealkylation sites (N-methyl/N-ethyl adjacent to an activating group) is 1. The van der Waals surface area contributed by atoms with Crippen LogP contribution in [0.25, 0.3) is 0 Å².